The van der Waals surface area contributed by atoms with E-state index < -0.39 is 17.6 Å². The van der Waals surface area contributed by atoms with E-state index in [4.69, 9.17) is 0 Å². The van der Waals surface area contributed by atoms with Crippen LogP contribution < -0.4 is 10.2 Å². The van der Waals surface area contributed by atoms with Crippen molar-refractivity contribution in [1.29, 1.82) is 0 Å². The molecule has 1 amide bonds. The lowest BCUT2D eigenvalue weighted by atomic mass is 10.1. The van der Waals surface area contributed by atoms with E-state index in [-0.39, 0.29) is 12.1 Å². The molecule has 0 aliphatic carbocycles. The topological polar surface area (TPSA) is 45.2 Å². The number of alkyl halides is 3. The molecule has 0 saturated heterocycles. The fourth-order valence-corrected chi connectivity index (χ4v) is 3.87. The summed E-state index contributed by atoms with van der Waals surface area (Å²) in [4.78, 5) is 18.3. The molecule has 9 heteroatoms. The van der Waals surface area contributed by atoms with Gasteiger partial charge in [0.1, 0.15) is 5.01 Å². The van der Waals surface area contributed by atoms with Crippen LogP contribution in [0, 0.1) is 0 Å². The number of benzene rings is 2. The molecule has 1 aromatic heterocycles. The third-order valence-corrected chi connectivity index (χ3v) is 5.50. The van der Waals surface area contributed by atoms with Crippen LogP contribution in [0.1, 0.15) is 11.3 Å². The van der Waals surface area contributed by atoms with Crippen molar-refractivity contribution >= 4 is 44.5 Å². The van der Waals surface area contributed by atoms with Crippen LogP contribution in [-0.2, 0) is 17.4 Å². The highest BCUT2D eigenvalue weighted by Gasteiger charge is 2.34. The lowest BCUT2D eigenvalue weighted by molar-refractivity contribution is -0.136. The number of anilines is 2. The van der Waals surface area contributed by atoms with E-state index in [1.807, 2.05) is 24.3 Å². The number of nitrogens with zero attached hydrogens (tertiary/aromatic N) is 2. The highest BCUT2D eigenvalue weighted by atomic mass is 79.9. The van der Waals surface area contributed by atoms with Gasteiger partial charge in [-0.3, -0.25) is 4.79 Å². The van der Waals surface area contributed by atoms with Gasteiger partial charge in [0.25, 0.3) is 0 Å². The molecule has 152 valence electrons. The number of carbonyl (C=O) groups excluding carboxylic acids is 1. The zero-order valence-corrected chi connectivity index (χ0v) is 18.0. The second-order valence-corrected chi connectivity index (χ2v) is 8.28. The molecule has 4 nitrogen and oxygen atoms in total. The number of carbonyl (C=O) groups is 1. The average Bonchev–Trinajstić information content (AvgIpc) is 3.09. The van der Waals surface area contributed by atoms with Crippen molar-refractivity contribution in [1.82, 2.24) is 4.98 Å². The van der Waals surface area contributed by atoms with Crippen LogP contribution >= 0.6 is 27.3 Å². The van der Waals surface area contributed by atoms with Gasteiger partial charge in [0.15, 0.2) is 0 Å². The molecule has 0 radical (unpaired) electrons. The maximum Gasteiger partial charge on any atom is 0.418 e. The quantitative estimate of drug-likeness (QED) is 0.495. The standard InChI is InChI=1S/C20H17BrF3N3OS/c1-27(2)15-6-7-17(16(10-15)20(22,23)24)26-18(28)9-14-11-29-19(25-14)12-4-3-5-13(21)8-12/h3-8,10-11H,9H2,1-2H3,(H,26,28). The van der Waals surface area contributed by atoms with E-state index in [2.05, 4.69) is 26.2 Å². The number of hydrogen-bond donors (Lipinski definition) is 1. The number of aromatic nitrogens is 1. The first-order valence-corrected chi connectivity index (χ1v) is 10.2. The minimum atomic E-state index is -4.58. The third kappa shape index (κ3) is 5.36. The molecule has 0 bridgehead atoms. The first-order chi connectivity index (χ1) is 13.6. The van der Waals surface area contributed by atoms with E-state index in [1.54, 1.807) is 24.4 Å². The van der Waals surface area contributed by atoms with Crippen LogP contribution in [0.2, 0.25) is 0 Å². The normalized spacial score (nSPS) is 11.4. The summed E-state index contributed by atoms with van der Waals surface area (Å²) in [7, 11) is 3.30. The van der Waals surface area contributed by atoms with E-state index in [0.29, 0.717) is 11.4 Å². The Labute approximate surface area is 178 Å². The Kier molecular flexibility index (Phi) is 6.28. The Morgan fingerprint density at radius 1 is 1.21 bits per heavy atom. The first kappa shape index (κ1) is 21.3. The van der Waals surface area contributed by atoms with Crippen molar-refractivity contribution < 1.29 is 18.0 Å². The average molecular weight is 484 g/mol. The van der Waals surface area contributed by atoms with Crippen molar-refractivity contribution in [3.05, 3.63) is 63.6 Å². The van der Waals surface area contributed by atoms with E-state index in [1.165, 1.54) is 23.5 Å². The number of nitrogens with one attached hydrogen (secondary N) is 1. The summed E-state index contributed by atoms with van der Waals surface area (Å²) in [6.07, 6.45) is -4.69. The predicted molar refractivity (Wildman–Crippen MR) is 113 cm³/mol. The van der Waals surface area contributed by atoms with Crippen LogP contribution in [0.5, 0.6) is 0 Å². The van der Waals surface area contributed by atoms with Crippen LogP contribution in [0.3, 0.4) is 0 Å². The summed E-state index contributed by atoms with van der Waals surface area (Å²) >= 11 is 4.77. The molecule has 3 aromatic rings. The molecule has 0 unspecified atom stereocenters. The lowest BCUT2D eigenvalue weighted by Crippen LogP contribution is -2.19. The highest BCUT2D eigenvalue weighted by molar-refractivity contribution is 9.10. The Morgan fingerprint density at radius 2 is 1.97 bits per heavy atom. The summed E-state index contributed by atoms with van der Waals surface area (Å²) in [6, 6.07) is 11.4. The maximum atomic E-state index is 13.4. The molecule has 3 rings (SSSR count). The molecule has 0 fully saturated rings. The summed E-state index contributed by atoms with van der Waals surface area (Å²) in [5.74, 6) is -0.556. The van der Waals surface area contributed by atoms with Gasteiger partial charge in [-0.1, -0.05) is 28.1 Å². The Bertz CT molecular complexity index is 1030. The zero-order chi connectivity index (χ0) is 21.2. The zero-order valence-electron chi connectivity index (χ0n) is 15.5. The van der Waals surface area contributed by atoms with Crippen LogP contribution in [0.15, 0.2) is 52.3 Å². The molecule has 2 aromatic carbocycles. The van der Waals surface area contributed by atoms with Crippen molar-refractivity contribution in [2.75, 3.05) is 24.3 Å². The van der Waals surface area contributed by atoms with E-state index in [0.717, 1.165) is 21.1 Å². The number of amides is 1. The smallest absolute Gasteiger partial charge is 0.378 e. The van der Waals surface area contributed by atoms with Gasteiger partial charge in [0, 0.05) is 35.2 Å². The predicted octanol–water partition coefficient (Wildman–Crippen LogP) is 5.84. The number of halogens is 4. The first-order valence-electron chi connectivity index (χ1n) is 8.52. The number of thiazole rings is 1. The monoisotopic (exact) mass is 483 g/mol. The largest absolute Gasteiger partial charge is 0.418 e. The van der Waals surface area contributed by atoms with Gasteiger partial charge in [-0.05, 0) is 30.3 Å². The molecule has 29 heavy (non-hydrogen) atoms. The minimum absolute atomic E-state index is 0.114. The number of rotatable bonds is 5. The van der Waals surface area contributed by atoms with Gasteiger partial charge in [0.05, 0.1) is 23.4 Å². The summed E-state index contributed by atoms with van der Waals surface area (Å²) < 4.78 is 41.1. The molecule has 0 aliphatic rings. The summed E-state index contributed by atoms with van der Waals surface area (Å²) in [6.45, 7) is 0. The molecule has 0 aliphatic heterocycles. The van der Waals surface area contributed by atoms with Crippen LogP contribution in [-0.4, -0.2) is 25.0 Å². The van der Waals surface area contributed by atoms with Crippen LogP contribution in [0.4, 0.5) is 24.5 Å². The van der Waals surface area contributed by atoms with Gasteiger partial charge in [-0.2, -0.15) is 13.2 Å². The molecular weight excluding hydrogens is 467 g/mol. The van der Waals surface area contributed by atoms with Crippen molar-refractivity contribution in [2.24, 2.45) is 0 Å². The van der Waals surface area contributed by atoms with E-state index in [9.17, 15) is 18.0 Å². The minimum Gasteiger partial charge on any atom is -0.378 e. The Morgan fingerprint density at radius 3 is 2.62 bits per heavy atom. The molecule has 0 spiro atoms. The second-order valence-electron chi connectivity index (χ2n) is 6.50. The molecular formula is C20H17BrF3N3OS. The van der Waals surface area contributed by atoms with Crippen molar-refractivity contribution in [2.45, 2.75) is 12.6 Å². The molecule has 1 heterocycles. The maximum absolute atomic E-state index is 13.4. The van der Waals surface area contributed by atoms with E-state index >= 15 is 0 Å². The van der Waals surface area contributed by atoms with Gasteiger partial charge in [-0.15, -0.1) is 11.3 Å². The van der Waals surface area contributed by atoms with Gasteiger partial charge < -0.3 is 10.2 Å². The summed E-state index contributed by atoms with van der Waals surface area (Å²) in [5, 5.41) is 4.84. The van der Waals surface area contributed by atoms with Gasteiger partial charge in [0.2, 0.25) is 5.91 Å². The second kappa shape index (κ2) is 8.54. The fourth-order valence-electron chi connectivity index (χ4n) is 2.66. The molecule has 0 saturated carbocycles. The third-order valence-electron chi connectivity index (χ3n) is 4.06. The van der Waals surface area contributed by atoms with Gasteiger partial charge >= 0.3 is 6.18 Å². The van der Waals surface area contributed by atoms with Crippen molar-refractivity contribution in [3.8, 4) is 10.6 Å². The SMILES string of the molecule is CN(C)c1ccc(NC(=O)Cc2csc(-c3cccc(Br)c3)n2)c(C(F)(F)F)c1. The number of hydrogen-bond acceptors (Lipinski definition) is 4. The fraction of sp³-hybridized carbons (Fsp3) is 0.200. The lowest BCUT2D eigenvalue weighted by Gasteiger charge is -2.18. The Balaban J connectivity index is 1.76. The highest BCUT2D eigenvalue weighted by Crippen LogP contribution is 2.37. The molecule has 0 atom stereocenters. The molecule has 1 N–H and O–H groups in total. The van der Waals surface area contributed by atoms with Crippen LogP contribution in [0.25, 0.3) is 10.6 Å². The summed E-state index contributed by atoms with van der Waals surface area (Å²) in [5.41, 5.74) is 0.643. The van der Waals surface area contributed by atoms with Gasteiger partial charge in [-0.25, -0.2) is 4.98 Å². The van der Waals surface area contributed by atoms with Crippen molar-refractivity contribution in [3.63, 3.8) is 0 Å². The Hall–Kier alpha value is -2.39.